The highest BCUT2D eigenvalue weighted by Gasteiger charge is 2.56. The molecule has 0 bridgehead atoms. The third-order valence-corrected chi connectivity index (χ3v) is 33.8. The second-order valence-corrected chi connectivity index (χ2v) is 58.7. The van der Waals surface area contributed by atoms with Gasteiger partial charge < -0.3 is 62.3 Å². The van der Waals surface area contributed by atoms with E-state index in [-0.39, 0.29) is 34.0 Å². The summed E-state index contributed by atoms with van der Waals surface area (Å²) in [5.41, 5.74) is -12.6. The fraction of sp³-hybridized carbons (Fsp3) is 0.514. The van der Waals surface area contributed by atoms with Crippen molar-refractivity contribution in [2.24, 2.45) is 0 Å². The zero-order valence-corrected chi connectivity index (χ0v) is 76.7. The van der Waals surface area contributed by atoms with E-state index in [1.165, 1.54) is 79.3 Å². The van der Waals surface area contributed by atoms with Gasteiger partial charge in [0.15, 0.2) is 22.4 Å². The van der Waals surface area contributed by atoms with Gasteiger partial charge in [0.1, 0.15) is 0 Å². The van der Waals surface area contributed by atoms with Gasteiger partial charge >= 0.3 is 50.4 Å². The first-order valence-corrected chi connectivity index (χ1v) is 55.4. The van der Waals surface area contributed by atoms with Crippen LogP contribution in [0.2, 0.25) is 39.3 Å². The molecule has 0 aliphatic rings. The topological polar surface area (TPSA) is 197 Å². The lowest BCUT2D eigenvalue weighted by Crippen LogP contribution is -2.56. The van der Waals surface area contributed by atoms with Crippen LogP contribution in [-0.2, 0) is 60.2 Å². The molecule has 6 aromatic rings. The van der Waals surface area contributed by atoms with Crippen molar-refractivity contribution in [1.29, 1.82) is 0 Å². The number of hydrogen-bond donors (Lipinski definition) is 7. The highest BCUT2D eigenvalue weighted by molar-refractivity contribution is 7.51. The lowest BCUT2D eigenvalue weighted by atomic mass is 9.95. The highest BCUT2D eigenvalue weighted by Crippen LogP contribution is 2.42. The number of aliphatic hydroxyl groups is 7. The SMILES string of the molecule is CC(C)(O)c1ccc([Si](C)(Cl)Cl)cc1.CC(O)(c1cccc([Si](C)(Cl)Cl)c1)C(F)(F)F.CC(O)(c1ccccc1[Si](C)(Cl)Cl)C(F)(F)F.CCO.CCO[Si](C)(OCC)c1ccc(C(C)(C)O)cc1.CCO[Si](C)(OCC)c1cccc(C(C)(O)C(F)(F)F)c1.CCO[Si](C)(OCC)c1ccccc1C(C)(O)C(F)(F)F. The molecule has 0 fully saturated rings. The Labute approximate surface area is 680 Å². The van der Waals surface area contributed by atoms with Crippen molar-refractivity contribution < 1.29 is 115 Å². The van der Waals surface area contributed by atoms with E-state index < -0.39 is 104 Å². The van der Waals surface area contributed by atoms with Gasteiger partial charge in [-0.1, -0.05) is 146 Å². The molecule has 0 aromatic heterocycles. The van der Waals surface area contributed by atoms with Crippen molar-refractivity contribution in [2.45, 2.75) is 201 Å². The van der Waals surface area contributed by atoms with Gasteiger partial charge in [-0.3, -0.25) is 0 Å². The van der Waals surface area contributed by atoms with Crippen LogP contribution in [0.1, 0.15) is 137 Å². The number of benzene rings is 6. The van der Waals surface area contributed by atoms with E-state index in [0.717, 1.165) is 35.3 Å². The van der Waals surface area contributed by atoms with E-state index in [0.29, 0.717) is 69.0 Å². The van der Waals surface area contributed by atoms with Gasteiger partial charge in [-0.2, -0.15) is 52.7 Å². The summed E-state index contributed by atoms with van der Waals surface area (Å²) in [7, 11) is -8.08. The van der Waals surface area contributed by atoms with Crippen molar-refractivity contribution in [3.05, 3.63) is 179 Å². The standard InChI is InChI=1S/2C14H21F3O3Si.C14H24O3Si.2C10H11Cl2F3OSi.C10H14Cl2OSi.C2H6O/c1-5-19-21(4,20-6-2)12-9-7-8-11(10-12)13(3,18)14(15,16)17;1-5-19-21(4,20-6-2)12-10-8-7-9-11(12)13(3,18)14(15,16)17;1-6-16-18(5,17-7-2)13-10-8-12(9-11-13)14(3,4)15;1-9(16,10(13,14)15)7-4-3-5-8(6-7)17(2,11)12;1-9(16,10(13,14)15)7-5-3-4-6-8(7)17(2,11)12;1-10(2,13)8-4-6-9(7-5-8)14(3,11)12;1-2-3/h2*7-10,18H,5-6H2,1-4H3;8-11,15H,6-7H2,1-5H3;2*3-6,16H,1-2H3;4-7,13H,1-3H3;3H,2H2,1H3. The van der Waals surface area contributed by atoms with Crippen LogP contribution >= 0.6 is 66.5 Å². The Kier molecular flexibility index (Phi) is 42.5. The zero-order chi connectivity index (χ0) is 87.1. The Balaban J connectivity index is 0.00000130. The smallest absolute Gasteiger partial charge is 0.397 e. The number of rotatable bonds is 24. The summed E-state index contributed by atoms with van der Waals surface area (Å²) in [5, 5.41) is 69.7. The van der Waals surface area contributed by atoms with Crippen molar-refractivity contribution >= 4 is 143 Å². The molecule has 13 nitrogen and oxygen atoms in total. The molecule has 6 rings (SSSR count). The molecule has 4 unspecified atom stereocenters. The second kappa shape index (κ2) is 43.6. The first-order chi connectivity index (χ1) is 50.1. The fourth-order valence-electron chi connectivity index (χ4n) is 10.0. The molecule has 7 N–H and O–H groups in total. The Morgan fingerprint density at radius 1 is 0.288 bits per heavy atom. The minimum absolute atomic E-state index is 0.172. The summed E-state index contributed by atoms with van der Waals surface area (Å²) in [6.45, 7) is 28.2. The molecule has 632 valence electrons. The van der Waals surface area contributed by atoms with Crippen molar-refractivity contribution in [1.82, 2.24) is 0 Å². The molecule has 37 heteroatoms. The van der Waals surface area contributed by atoms with E-state index in [1.807, 2.05) is 68.9 Å². The Morgan fingerprint density at radius 2 is 0.541 bits per heavy atom. The summed E-state index contributed by atoms with van der Waals surface area (Å²) < 4.78 is 189. The highest BCUT2D eigenvalue weighted by atomic mass is 35.7. The lowest BCUT2D eigenvalue weighted by Gasteiger charge is -2.34. The van der Waals surface area contributed by atoms with Gasteiger partial charge in [-0.15, -0.1) is 66.5 Å². The molecular formula is C74H108Cl6F12O13Si6. The van der Waals surface area contributed by atoms with Gasteiger partial charge in [0.2, 0.25) is 0 Å². The van der Waals surface area contributed by atoms with E-state index in [9.17, 15) is 83.3 Å². The lowest BCUT2D eigenvalue weighted by molar-refractivity contribution is -0.259. The third kappa shape index (κ3) is 32.3. The van der Waals surface area contributed by atoms with Gasteiger partial charge in [0.05, 0.1) is 11.2 Å². The minimum Gasteiger partial charge on any atom is -0.397 e. The molecule has 0 heterocycles. The first kappa shape index (κ1) is 108. The minimum atomic E-state index is -4.78. The Morgan fingerprint density at radius 3 is 0.820 bits per heavy atom. The maximum atomic E-state index is 13.1. The average molecular weight is 1810 g/mol. The first-order valence-electron chi connectivity index (χ1n) is 34.9. The van der Waals surface area contributed by atoms with Crippen molar-refractivity contribution in [2.75, 3.05) is 46.2 Å². The molecule has 0 saturated carbocycles. The summed E-state index contributed by atoms with van der Waals surface area (Å²) >= 11 is 35.9. The summed E-state index contributed by atoms with van der Waals surface area (Å²) in [6.07, 6.45) is -19.1. The summed E-state index contributed by atoms with van der Waals surface area (Å²) in [4.78, 5) is 0. The summed E-state index contributed by atoms with van der Waals surface area (Å²) in [5.74, 6) is 0. The van der Waals surface area contributed by atoms with Crippen LogP contribution in [-0.4, -0.2) is 152 Å². The molecule has 0 radical (unpaired) electrons. The average Bonchev–Trinajstić information content (AvgIpc) is 0.780. The molecular weight excluding hydrogens is 1710 g/mol. The number of hydrogen-bond acceptors (Lipinski definition) is 13. The number of alkyl halides is 12. The van der Waals surface area contributed by atoms with Gasteiger partial charge in [0, 0.05) is 51.4 Å². The van der Waals surface area contributed by atoms with Crippen LogP contribution < -0.4 is 31.1 Å². The molecule has 4 atom stereocenters. The van der Waals surface area contributed by atoms with Gasteiger partial charge in [-0.05, 0) is 202 Å². The number of halogens is 18. The van der Waals surface area contributed by atoms with E-state index in [2.05, 4.69) is 6.55 Å². The van der Waals surface area contributed by atoms with Crippen LogP contribution in [0, 0.1) is 0 Å². The predicted molar refractivity (Wildman–Crippen MR) is 437 cm³/mol. The second-order valence-electron chi connectivity index (χ2n) is 27.2. The Hall–Kier alpha value is -3.00. The molecule has 0 spiro atoms. The van der Waals surface area contributed by atoms with Crippen molar-refractivity contribution in [3.63, 3.8) is 0 Å². The zero-order valence-electron chi connectivity index (χ0n) is 66.2. The molecule has 0 aliphatic carbocycles. The molecule has 0 saturated heterocycles. The van der Waals surface area contributed by atoms with E-state index in [1.54, 1.807) is 106 Å². The maximum absolute atomic E-state index is 13.1. The molecule has 0 aliphatic heterocycles. The van der Waals surface area contributed by atoms with Crippen LogP contribution in [0.5, 0.6) is 0 Å². The van der Waals surface area contributed by atoms with Crippen LogP contribution in [0.3, 0.4) is 0 Å². The maximum Gasteiger partial charge on any atom is 0.421 e. The van der Waals surface area contributed by atoms with Crippen LogP contribution in [0.15, 0.2) is 146 Å². The normalized spacial score (nSPS) is 15.0. The van der Waals surface area contributed by atoms with Crippen LogP contribution in [0.25, 0.3) is 0 Å². The van der Waals surface area contributed by atoms with Gasteiger partial charge in [0.25, 0.3) is 20.1 Å². The summed E-state index contributed by atoms with van der Waals surface area (Å²) in [6, 6.07) is 38.0. The number of aliphatic hydroxyl groups excluding tert-OH is 1. The quantitative estimate of drug-likeness (QED) is 0.0172. The van der Waals surface area contributed by atoms with Crippen molar-refractivity contribution in [3.8, 4) is 0 Å². The fourth-order valence-corrected chi connectivity index (χ4v) is 22.6. The molecule has 111 heavy (non-hydrogen) atoms. The largest absolute Gasteiger partial charge is 0.421 e. The molecule has 6 aromatic carbocycles. The monoisotopic (exact) mass is 1810 g/mol. The van der Waals surface area contributed by atoms with Gasteiger partial charge in [-0.25, -0.2) is 0 Å². The molecule has 0 amide bonds. The van der Waals surface area contributed by atoms with Crippen LogP contribution in [0.4, 0.5) is 52.7 Å². The third-order valence-electron chi connectivity index (χ3n) is 16.7. The van der Waals surface area contributed by atoms with E-state index in [4.69, 9.17) is 98.1 Å². The van der Waals surface area contributed by atoms with E-state index >= 15 is 0 Å². The Bertz CT molecular complexity index is 3670. The predicted octanol–water partition coefficient (Wildman–Crippen LogP) is 17.0.